The first-order valence-corrected chi connectivity index (χ1v) is 13.1. The van der Waals surface area contributed by atoms with Gasteiger partial charge >= 0.3 is 12.0 Å². The molecule has 0 radical (unpaired) electrons. The summed E-state index contributed by atoms with van der Waals surface area (Å²) in [4.78, 5) is 25.8. The molecule has 38 heavy (non-hydrogen) atoms. The monoisotopic (exact) mass is 527 g/mol. The molecule has 10 heteroatoms. The number of aliphatic hydroxyl groups excluding tert-OH is 2. The SMILES string of the molecule is CCOC(=O)CNC(=O)Nc1ccc([C@@H]2O[C@H](CN3CC[C@H](O)C3)[C@H](C)[C@H](c3ccc(CO)cc3)O2)cc1. The van der Waals surface area contributed by atoms with Gasteiger partial charge < -0.3 is 35.1 Å². The number of hydrogen-bond acceptors (Lipinski definition) is 8. The maximum absolute atomic E-state index is 12.1. The molecule has 2 heterocycles. The molecule has 0 aromatic heterocycles. The average Bonchev–Trinajstić information content (AvgIpc) is 3.33. The molecule has 10 nitrogen and oxygen atoms in total. The van der Waals surface area contributed by atoms with Crippen molar-refractivity contribution in [2.24, 2.45) is 5.92 Å². The zero-order chi connectivity index (χ0) is 27.1. The Morgan fingerprint density at radius 3 is 2.42 bits per heavy atom. The van der Waals surface area contributed by atoms with Crippen molar-refractivity contribution in [3.8, 4) is 0 Å². The van der Waals surface area contributed by atoms with Gasteiger partial charge in [-0.2, -0.15) is 0 Å². The van der Waals surface area contributed by atoms with Gasteiger partial charge in [-0.25, -0.2) is 4.79 Å². The van der Waals surface area contributed by atoms with Gasteiger partial charge in [-0.05, 0) is 36.6 Å². The van der Waals surface area contributed by atoms with Crippen LogP contribution in [0.3, 0.4) is 0 Å². The molecule has 2 fully saturated rings. The lowest BCUT2D eigenvalue weighted by molar-refractivity contribution is -0.276. The third-order valence-electron chi connectivity index (χ3n) is 6.95. The van der Waals surface area contributed by atoms with E-state index in [2.05, 4.69) is 22.5 Å². The number of carbonyl (C=O) groups excluding carboxylic acids is 2. The molecule has 5 atom stereocenters. The minimum atomic E-state index is -0.627. The summed E-state index contributed by atoms with van der Waals surface area (Å²) < 4.78 is 17.7. The zero-order valence-electron chi connectivity index (χ0n) is 21.8. The summed E-state index contributed by atoms with van der Waals surface area (Å²) in [5, 5.41) is 24.6. The predicted molar refractivity (Wildman–Crippen MR) is 140 cm³/mol. The number of aliphatic hydroxyl groups is 2. The standard InChI is InChI=1S/C28H37N3O7/c1-3-36-25(34)14-29-28(35)30-22-10-8-21(9-11-22)27-37-24(16-31-13-12-23(33)15-31)18(2)26(38-27)20-6-4-19(17-32)5-7-20/h4-11,18,23-24,26-27,32-33H,3,12-17H2,1-2H3,(H2,29,30,35)/t18-,23-,24+,26+,27+/m0/s1. The highest BCUT2D eigenvalue weighted by molar-refractivity contribution is 5.91. The largest absolute Gasteiger partial charge is 0.465 e. The number of hydrogen-bond donors (Lipinski definition) is 4. The summed E-state index contributed by atoms with van der Waals surface area (Å²) in [6, 6.07) is 14.4. The van der Waals surface area contributed by atoms with Gasteiger partial charge in [-0.15, -0.1) is 0 Å². The van der Waals surface area contributed by atoms with Crippen molar-refractivity contribution in [1.29, 1.82) is 0 Å². The van der Waals surface area contributed by atoms with E-state index in [4.69, 9.17) is 14.2 Å². The van der Waals surface area contributed by atoms with Crippen molar-refractivity contribution < 1.29 is 34.0 Å². The molecule has 2 saturated heterocycles. The number of carbonyl (C=O) groups is 2. The fraction of sp³-hybridized carbons (Fsp3) is 0.500. The molecule has 2 aromatic rings. The number of β-amino-alcohol motifs (C(OH)–C–C–N with tert-alkyl or cyclic N) is 1. The molecule has 0 aliphatic carbocycles. The number of rotatable bonds is 9. The molecular formula is C28H37N3O7. The number of nitrogens with zero attached hydrogens (tertiary/aromatic N) is 1. The molecular weight excluding hydrogens is 490 g/mol. The van der Waals surface area contributed by atoms with E-state index in [1.54, 1.807) is 19.1 Å². The van der Waals surface area contributed by atoms with Crippen molar-refractivity contribution in [2.75, 3.05) is 38.1 Å². The van der Waals surface area contributed by atoms with E-state index >= 15 is 0 Å². The Morgan fingerprint density at radius 1 is 1.08 bits per heavy atom. The summed E-state index contributed by atoms with van der Waals surface area (Å²) in [5.41, 5.74) is 3.20. The molecule has 2 aliphatic heterocycles. The number of urea groups is 1. The fourth-order valence-electron chi connectivity index (χ4n) is 4.82. The smallest absolute Gasteiger partial charge is 0.325 e. The van der Waals surface area contributed by atoms with Crippen LogP contribution >= 0.6 is 0 Å². The van der Waals surface area contributed by atoms with E-state index in [1.807, 2.05) is 36.4 Å². The molecule has 2 aromatic carbocycles. The second kappa shape index (κ2) is 13.2. The van der Waals surface area contributed by atoms with Gasteiger partial charge in [0.1, 0.15) is 6.54 Å². The van der Waals surface area contributed by atoms with Crippen LogP contribution in [0, 0.1) is 5.92 Å². The van der Waals surface area contributed by atoms with Crippen molar-refractivity contribution in [2.45, 2.75) is 51.5 Å². The number of likely N-dealkylation sites (tertiary alicyclic amines) is 1. The van der Waals surface area contributed by atoms with Crippen LogP contribution in [-0.2, 0) is 25.6 Å². The van der Waals surface area contributed by atoms with E-state index in [9.17, 15) is 19.8 Å². The summed E-state index contributed by atoms with van der Waals surface area (Å²) in [6.45, 7) is 5.98. The molecule has 4 rings (SSSR count). The number of ether oxygens (including phenoxy) is 3. The average molecular weight is 528 g/mol. The van der Waals surface area contributed by atoms with Crippen LogP contribution in [0.1, 0.15) is 49.4 Å². The lowest BCUT2D eigenvalue weighted by atomic mass is 9.90. The van der Waals surface area contributed by atoms with Crippen molar-refractivity contribution in [3.63, 3.8) is 0 Å². The number of benzene rings is 2. The summed E-state index contributed by atoms with van der Waals surface area (Å²) in [6.07, 6.45) is -0.539. The van der Waals surface area contributed by atoms with Crippen LogP contribution in [0.4, 0.5) is 10.5 Å². The van der Waals surface area contributed by atoms with Gasteiger partial charge in [-0.1, -0.05) is 43.3 Å². The van der Waals surface area contributed by atoms with E-state index < -0.39 is 18.3 Å². The first-order valence-electron chi connectivity index (χ1n) is 13.1. The first kappa shape index (κ1) is 28.0. The maximum Gasteiger partial charge on any atom is 0.325 e. The summed E-state index contributed by atoms with van der Waals surface area (Å²) in [5.74, 6) is -0.453. The van der Waals surface area contributed by atoms with Gasteiger partial charge in [-0.3, -0.25) is 9.69 Å². The molecule has 2 amide bonds. The fourth-order valence-corrected chi connectivity index (χ4v) is 4.82. The normalized spacial score (nSPS) is 25.6. The van der Waals surface area contributed by atoms with E-state index in [-0.39, 0.29) is 44.0 Å². The molecule has 0 bridgehead atoms. The molecule has 2 aliphatic rings. The van der Waals surface area contributed by atoms with Gasteiger partial charge in [0, 0.05) is 36.8 Å². The second-order valence-electron chi connectivity index (χ2n) is 9.76. The number of anilines is 1. The van der Waals surface area contributed by atoms with Gasteiger partial charge in [0.15, 0.2) is 6.29 Å². The first-order chi connectivity index (χ1) is 18.4. The quantitative estimate of drug-likeness (QED) is 0.367. The molecule has 0 spiro atoms. The van der Waals surface area contributed by atoms with Gasteiger partial charge in [0.05, 0.1) is 31.5 Å². The number of amides is 2. The van der Waals surface area contributed by atoms with Crippen LogP contribution < -0.4 is 10.6 Å². The minimum Gasteiger partial charge on any atom is -0.465 e. The van der Waals surface area contributed by atoms with E-state index in [0.717, 1.165) is 29.7 Å². The highest BCUT2D eigenvalue weighted by Gasteiger charge is 2.39. The minimum absolute atomic E-state index is 0.0196. The molecule has 206 valence electrons. The summed E-state index contributed by atoms with van der Waals surface area (Å²) in [7, 11) is 0. The lowest BCUT2D eigenvalue weighted by Crippen LogP contribution is -2.44. The Hall–Kier alpha value is -3.02. The second-order valence-corrected chi connectivity index (χ2v) is 9.76. The Labute approximate surface area is 222 Å². The lowest BCUT2D eigenvalue weighted by Gasteiger charge is -2.42. The van der Waals surface area contributed by atoms with Crippen LogP contribution in [0.15, 0.2) is 48.5 Å². The Morgan fingerprint density at radius 2 is 1.79 bits per heavy atom. The Balaban J connectivity index is 1.46. The van der Waals surface area contributed by atoms with Crippen LogP contribution in [-0.4, -0.2) is 72.1 Å². The van der Waals surface area contributed by atoms with Gasteiger partial charge in [0.2, 0.25) is 0 Å². The third kappa shape index (κ3) is 7.30. The predicted octanol–water partition coefficient (Wildman–Crippen LogP) is 2.72. The Bertz CT molecular complexity index is 1060. The van der Waals surface area contributed by atoms with Crippen molar-refractivity contribution in [1.82, 2.24) is 10.2 Å². The summed E-state index contributed by atoms with van der Waals surface area (Å²) >= 11 is 0. The molecule has 4 N–H and O–H groups in total. The van der Waals surface area contributed by atoms with Crippen LogP contribution in [0.5, 0.6) is 0 Å². The third-order valence-corrected chi connectivity index (χ3v) is 6.95. The van der Waals surface area contributed by atoms with E-state index in [1.165, 1.54) is 0 Å². The highest BCUT2D eigenvalue weighted by Crippen LogP contribution is 2.42. The molecule has 0 unspecified atom stereocenters. The molecule has 0 saturated carbocycles. The van der Waals surface area contributed by atoms with Crippen LogP contribution in [0.25, 0.3) is 0 Å². The zero-order valence-corrected chi connectivity index (χ0v) is 21.8. The van der Waals surface area contributed by atoms with Crippen molar-refractivity contribution in [3.05, 3.63) is 65.2 Å². The highest BCUT2D eigenvalue weighted by atomic mass is 16.7. The maximum atomic E-state index is 12.1. The Kier molecular flexibility index (Phi) is 9.70. The van der Waals surface area contributed by atoms with Crippen LogP contribution in [0.2, 0.25) is 0 Å². The van der Waals surface area contributed by atoms with E-state index in [0.29, 0.717) is 18.8 Å². The number of esters is 1. The number of nitrogens with one attached hydrogen (secondary N) is 2. The van der Waals surface area contributed by atoms with Crippen molar-refractivity contribution >= 4 is 17.7 Å². The topological polar surface area (TPSA) is 130 Å². The van der Waals surface area contributed by atoms with Gasteiger partial charge in [0.25, 0.3) is 0 Å².